The lowest BCUT2D eigenvalue weighted by atomic mass is 10.0. The summed E-state index contributed by atoms with van der Waals surface area (Å²) in [4.78, 5) is 30.9. The molecule has 8 nitrogen and oxygen atoms in total. The van der Waals surface area contributed by atoms with Gasteiger partial charge in [0.2, 0.25) is 0 Å². The molecule has 0 spiro atoms. The maximum Gasteiger partial charge on any atom is 0.353 e. The Hall–Kier alpha value is -4.70. The number of aromatic nitrogens is 3. The van der Waals surface area contributed by atoms with E-state index in [0.29, 0.717) is 16.6 Å². The van der Waals surface area contributed by atoms with Gasteiger partial charge in [-0.1, -0.05) is 0 Å². The lowest BCUT2D eigenvalue weighted by Gasteiger charge is -2.11. The summed E-state index contributed by atoms with van der Waals surface area (Å²) in [5.74, 6) is -2.58. The summed E-state index contributed by atoms with van der Waals surface area (Å²) < 4.78 is 37.1. The Morgan fingerprint density at radius 2 is 1.97 bits per heavy atom. The molecule has 0 atom stereocenters. The predicted octanol–water partition coefficient (Wildman–Crippen LogP) is 4.71. The van der Waals surface area contributed by atoms with Gasteiger partial charge in [0.05, 0.1) is 34.7 Å². The number of halogens is 2. The summed E-state index contributed by atoms with van der Waals surface area (Å²) in [7, 11) is 0. The van der Waals surface area contributed by atoms with Gasteiger partial charge >= 0.3 is 5.97 Å². The quantitative estimate of drug-likeness (QED) is 0.279. The van der Waals surface area contributed by atoms with Gasteiger partial charge in [0.1, 0.15) is 22.9 Å². The third kappa shape index (κ3) is 3.15. The van der Waals surface area contributed by atoms with Crippen LogP contribution < -0.4 is 11.3 Å². The lowest BCUT2D eigenvalue weighted by Crippen LogP contribution is -2.14. The van der Waals surface area contributed by atoms with Crippen molar-refractivity contribution < 1.29 is 23.1 Å². The molecule has 0 aliphatic rings. The van der Waals surface area contributed by atoms with Gasteiger partial charge in [-0.25, -0.2) is 13.6 Å². The van der Waals surface area contributed by atoms with Crippen molar-refractivity contribution in [3.05, 3.63) is 93.9 Å². The van der Waals surface area contributed by atoms with Crippen molar-refractivity contribution in [3.63, 3.8) is 0 Å². The molecule has 0 fully saturated rings. The van der Waals surface area contributed by atoms with Gasteiger partial charge in [-0.05, 0) is 42.5 Å². The Labute approximate surface area is 200 Å². The van der Waals surface area contributed by atoms with Crippen molar-refractivity contribution in [1.82, 2.24) is 14.5 Å². The molecule has 10 heteroatoms. The third-order valence-corrected chi connectivity index (χ3v) is 6.40. The maximum atomic E-state index is 15.2. The van der Waals surface area contributed by atoms with Crippen molar-refractivity contribution >= 4 is 38.7 Å². The van der Waals surface area contributed by atoms with Crippen LogP contribution >= 0.6 is 0 Å². The topological polar surface area (TPSA) is 130 Å². The van der Waals surface area contributed by atoms with E-state index in [1.54, 1.807) is 18.2 Å². The molecule has 0 saturated carbocycles. The maximum absolute atomic E-state index is 15.2. The van der Waals surface area contributed by atoms with Gasteiger partial charge in [0.25, 0.3) is 5.56 Å². The van der Waals surface area contributed by atoms with Crippen molar-refractivity contribution in [2.45, 2.75) is 13.1 Å². The lowest BCUT2D eigenvalue weighted by molar-refractivity contribution is 0.0687. The first kappa shape index (κ1) is 21.8. The summed E-state index contributed by atoms with van der Waals surface area (Å²) in [6, 6.07) is 10.3. The van der Waals surface area contributed by atoms with Gasteiger partial charge in [0, 0.05) is 40.5 Å². The van der Waals surface area contributed by atoms with Crippen LogP contribution in [0.5, 0.6) is 0 Å². The number of aromatic carboxylic acids is 1. The smallest absolute Gasteiger partial charge is 0.353 e. The molecule has 0 unspecified atom stereocenters. The summed E-state index contributed by atoms with van der Waals surface area (Å²) in [5.41, 5.74) is 6.68. The van der Waals surface area contributed by atoms with E-state index in [1.165, 1.54) is 41.3 Å². The number of carbonyl (C=O) groups is 1. The molecule has 0 bridgehead atoms. The first-order valence-corrected chi connectivity index (χ1v) is 11.0. The van der Waals surface area contributed by atoms with Crippen LogP contribution in [0, 0.1) is 11.6 Å². The van der Waals surface area contributed by atoms with Gasteiger partial charge in [0.15, 0.2) is 0 Å². The second-order valence-corrected chi connectivity index (χ2v) is 8.47. The fourth-order valence-electron chi connectivity index (χ4n) is 4.84. The zero-order valence-corrected chi connectivity index (χ0v) is 18.6. The third-order valence-electron chi connectivity index (χ3n) is 6.40. The molecule has 36 heavy (non-hydrogen) atoms. The minimum Gasteiger partial charge on any atom is -0.477 e. The molecule has 0 aliphatic heterocycles. The number of nitrogens with zero attached hydrogens (tertiary/aromatic N) is 1. The molecule has 4 heterocycles. The molecule has 0 aliphatic carbocycles. The number of hydrogen-bond acceptors (Lipinski definition) is 4. The molecule has 5 N–H and O–H groups in total. The fraction of sp³-hybridized carbons (Fsp3) is 0.0769. The van der Waals surface area contributed by atoms with Crippen LogP contribution in [0.25, 0.3) is 43.9 Å². The Morgan fingerprint density at radius 3 is 2.72 bits per heavy atom. The van der Waals surface area contributed by atoms with Gasteiger partial charge in [-0.3, -0.25) is 4.79 Å². The van der Waals surface area contributed by atoms with E-state index in [4.69, 9.17) is 10.2 Å². The van der Waals surface area contributed by atoms with E-state index in [2.05, 4.69) is 9.97 Å². The largest absolute Gasteiger partial charge is 0.477 e. The van der Waals surface area contributed by atoms with E-state index < -0.39 is 23.2 Å². The highest BCUT2D eigenvalue weighted by atomic mass is 19.1. The molecule has 6 aromatic rings. The highest BCUT2D eigenvalue weighted by molar-refractivity contribution is 6.17. The molecule has 0 radical (unpaired) electrons. The van der Waals surface area contributed by atoms with Crippen molar-refractivity contribution in [1.29, 1.82) is 0 Å². The number of carboxylic acids is 1. The Kier molecular flexibility index (Phi) is 4.80. The summed E-state index contributed by atoms with van der Waals surface area (Å²) in [6.07, 6.45) is 2.71. The van der Waals surface area contributed by atoms with E-state index >= 15 is 8.78 Å². The SMILES string of the molecule is NCc1cc2cc(Cn3c(C(=O)O)c(-c4ccc[nH]c4=O)c4c5occc5c(F)cc43)c(F)cc2[nH]1. The van der Waals surface area contributed by atoms with Crippen molar-refractivity contribution in [3.8, 4) is 11.1 Å². The summed E-state index contributed by atoms with van der Waals surface area (Å²) in [6.45, 7) is 0.00385. The number of furan rings is 1. The van der Waals surface area contributed by atoms with Crippen LogP contribution in [-0.4, -0.2) is 25.6 Å². The van der Waals surface area contributed by atoms with Crippen molar-refractivity contribution in [2.75, 3.05) is 0 Å². The van der Waals surface area contributed by atoms with E-state index in [1.807, 2.05) is 0 Å². The highest BCUT2D eigenvalue weighted by Gasteiger charge is 2.29. The molecule has 180 valence electrons. The molecular formula is C26H18F2N4O4. The minimum absolute atomic E-state index is 0.0628. The van der Waals surface area contributed by atoms with Crippen molar-refractivity contribution in [2.24, 2.45) is 5.73 Å². The number of nitrogens with one attached hydrogen (secondary N) is 2. The number of benzene rings is 2. The summed E-state index contributed by atoms with van der Waals surface area (Å²) in [5, 5.41) is 11.4. The van der Waals surface area contributed by atoms with Crippen LogP contribution in [0.2, 0.25) is 0 Å². The monoisotopic (exact) mass is 488 g/mol. The Balaban J connectivity index is 1.70. The average Bonchev–Trinajstić information content (AvgIpc) is 3.56. The van der Waals surface area contributed by atoms with E-state index in [-0.39, 0.29) is 57.3 Å². The van der Waals surface area contributed by atoms with Crippen LogP contribution in [-0.2, 0) is 13.1 Å². The summed E-state index contributed by atoms with van der Waals surface area (Å²) >= 11 is 0. The van der Waals surface area contributed by atoms with E-state index in [9.17, 15) is 14.7 Å². The van der Waals surface area contributed by atoms with Crippen LogP contribution in [0.1, 0.15) is 21.7 Å². The standard InChI is InChI=1S/C26H18F2N4O4/c27-17-8-19-12(7-14(10-29)31-19)6-13(17)11-32-20-9-18(28)15-3-5-36-24(15)22(20)21(23(32)26(34)35)16-2-1-4-30-25(16)33/h1-9,31H,10-11,29H2,(H,30,33)(H,34,35). The van der Waals surface area contributed by atoms with E-state index in [0.717, 1.165) is 0 Å². The minimum atomic E-state index is -1.36. The zero-order chi connectivity index (χ0) is 25.1. The second kappa shape index (κ2) is 7.92. The normalized spacial score (nSPS) is 11.8. The Bertz CT molecular complexity index is 1890. The number of aromatic amines is 2. The number of hydrogen-bond donors (Lipinski definition) is 4. The van der Waals surface area contributed by atoms with Gasteiger partial charge < -0.3 is 29.8 Å². The number of pyridine rings is 1. The number of nitrogens with two attached hydrogens (primary N) is 1. The predicted molar refractivity (Wildman–Crippen MR) is 130 cm³/mol. The number of carboxylic acid groups (broad SMARTS) is 1. The number of rotatable bonds is 5. The zero-order valence-electron chi connectivity index (χ0n) is 18.6. The molecule has 4 aromatic heterocycles. The molecule has 6 rings (SSSR count). The van der Waals surface area contributed by atoms with Gasteiger partial charge in [-0.15, -0.1) is 0 Å². The average molecular weight is 488 g/mol. The first-order valence-electron chi connectivity index (χ1n) is 11.0. The highest BCUT2D eigenvalue weighted by Crippen LogP contribution is 2.40. The second-order valence-electron chi connectivity index (χ2n) is 8.47. The van der Waals surface area contributed by atoms with Crippen LogP contribution in [0.4, 0.5) is 8.78 Å². The van der Waals surface area contributed by atoms with Crippen LogP contribution in [0.15, 0.2) is 64.1 Å². The fourth-order valence-corrected chi connectivity index (χ4v) is 4.84. The first-order chi connectivity index (χ1) is 17.4. The Morgan fingerprint density at radius 1 is 1.14 bits per heavy atom. The molecule has 0 amide bonds. The van der Waals surface area contributed by atoms with Crippen LogP contribution in [0.3, 0.4) is 0 Å². The van der Waals surface area contributed by atoms with Gasteiger partial charge in [-0.2, -0.15) is 0 Å². The molecule has 2 aromatic carbocycles. The number of H-pyrrole nitrogens is 2. The number of fused-ring (bicyclic) bond motifs is 4. The molecular weight excluding hydrogens is 470 g/mol. The molecule has 0 saturated heterocycles.